The van der Waals surface area contributed by atoms with Crippen molar-refractivity contribution < 1.29 is 9.84 Å². The van der Waals surface area contributed by atoms with Gasteiger partial charge in [-0.25, -0.2) is 0 Å². The number of aliphatic imine (C=N–C) groups is 1. The molecule has 0 amide bonds. The summed E-state index contributed by atoms with van der Waals surface area (Å²) in [5, 5.41) is 9.72. The van der Waals surface area contributed by atoms with Crippen molar-refractivity contribution in [3.8, 4) is 17.2 Å². The van der Waals surface area contributed by atoms with Crippen molar-refractivity contribution >= 4 is 43.8 Å². The third-order valence-electron chi connectivity index (χ3n) is 3.22. The maximum Gasteiger partial charge on any atom is 0.143 e. The first-order chi connectivity index (χ1) is 11.6. The molecule has 0 heterocycles. The van der Waals surface area contributed by atoms with Crippen molar-refractivity contribution in [3.63, 3.8) is 0 Å². The number of benzene rings is 3. The Kier molecular flexibility index (Phi) is 5.33. The molecule has 0 aliphatic heterocycles. The van der Waals surface area contributed by atoms with Crippen LogP contribution in [0.25, 0.3) is 0 Å². The molecule has 0 saturated carbocycles. The maximum atomic E-state index is 9.72. The molecular weight excluding hydrogens is 434 g/mol. The monoisotopic (exact) mass is 445 g/mol. The number of hydrogen-bond acceptors (Lipinski definition) is 3. The number of halogens is 2. The Hall–Kier alpha value is -2.11. The summed E-state index contributed by atoms with van der Waals surface area (Å²) in [6.07, 6.45) is 1.74. The van der Waals surface area contributed by atoms with Crippen molar-refractivity contribution in [1.29, 1.82) is 0 Å². The van der Waals surface area contributed by atoms with E-state index in [0.717, 1.165) is 22.7 Å². The molecule has 0 atom stereocenters. The van der Waals surface area contributed by atoms with Gasteiger partial charge in [-0.05, 0) is 86.0 Å². The van der Waals surface area contributed by atoms with Crippen LogP contribution in [0.5, 0.6) is 17.2 Å². The summed E-state index contributed by atoms with van der Waals surface area (Å²) in [6, 6.07) is 20.8. The van der Waals surface area contributed by atoms with Crippen LogP contribution in [0.2, 0.25) is 0 Å². The Bertz CT molecular complexity index is 839. The predicted molar refractivity (Wildman–Crippen MR) is 104 cm³/mol. The van der Waals surface area contributed by atoms with Crippen LogP contribution in [0, 0.1) is 0 Å². The Morgan fingerprint density at radius 2 is 1.42 bits per heavy atom. The molecule has 1 N–H and O–H groups in total. The van der Waals surface area contributed by atoms with Crippen molar-refractivity contribution in [2.75, 3.05) is 0 Å². The van der Waals surface area contributed by atoms with Gasteiger partial charge in [0.15, 0.2) is 0 Å². The standard InChI is InChI=1S/C19H13Br2NO2/c20-17-10-13(11-18(21)19(17)23)12-22-14-6-8-16(9-7-14)24-15-4-2-1-3-5-15/h1-12,23H. The zero-order chi connectivity index (χ0) is 16.9. The molecule has 24 heavy (non-hydrogen) atoms. The lowest BCUT2D eigenvalue weighted by Crippen LogP contribution is -1.84. The average molecular weight is 447 g/mol. The van der Waals surface area contributed by atoms with E-state index in [4.69, 9.17) is 4.74 Å². The van der Waals surface area contributed by atoms with Gasteiger partial charge in [0, 0.05) is 6.21 Å². The topological polar surface area (TPSA) is 41.8 Å². The maximum absolute atomic E-state index is 9.72. The molecule has 0 aromatic heterocycles. The van der Waals surface area contributed by atoms with Crippen LogP contribution >= 0.6 is 31.9 Å². The summed E-state index contributed by atoms with van der Waals surface area (Å²) in [4.78, 5) is 4.43. The van der Waals surface area contributed by atoms with Crippen LogP contribution in [0.15, 0.2) is 80.7 Å². The second kappa shape index (κ2) is 7.64. The highest BCUT2D eigenvalue weighted by molar-refractivity contribution is 9.11. The average Bonchev–Trinajstić information content (AvgIpc) is 2.60. The molecule has 3 aromatic rings. The van der Waals surface area contributed by atoms with Crippen molar-refractivity contribution in [1.82, 2.24) is 0 Å². The van der Waals surface area contributed by atoms with Gasteiger partial charge in [-0.2, -0.15) is 0 Å². The van der Waals surface area contributed by atoms with Crippen LogP contribution in [0.4, 0.5) is 5.69 Å². The molecule has 3 aromatic carbocycles. The number of nitrogens with zero attached hydrogens (tertiary/aromatic N) is 1. The molecule has 0 aliphatic carbocycles. The second-order valence-electron chi connectivity index (χ2n) is 5.00. The SMILES string of the molecule is Oc1c(Br)cc(C=Nc2ccc(Oc3ccccc3)cc2)cc1Br. The van der Waals surface area contributed by atoms with E-state index >= 15 is 0 Å². The molecule has 3 rings (SSSR count). The number of phenolic OH excluding ortho intramolecular Hbond substituents is 1. The number of aromatic hydroxyl groups is 1. The molecule has 0 fully saturated rings. The predicted octanol–water partition coefficient (Wildman–Crippen LogP) is 6.46. The fourth-order valence-electron chi connectivity index (χ4n) is 2.03. The highest BCUT2D eigenvalue weighted by Crippen LogP contribution is 2.33. The van der Waals surface area contributed by atoms with E-state index in [1.807, 2.05) is 54.6 Å². The summed E-state index contributed by atoms with van der Waals surface area (Å²) in [5.41, 5.74) is 1.69. The fourth-order valence-corrected chi connectivity index (χ4v) is 3.26. The summed E-state index contributed by atoms with van der Waals surface area (Å²) in [7, 11) is 0. The molecule has 0 bridgehead atoms. The molecule has 0 radical (unpaired) electrons. The normalized spacial score (nSPS) is 10.9. The zero-order valence-electron chi connectivity index (χ0n) is 12.5. The highest BCUT2D eigenvalue weighted by Gasteiger charge is 2.04. The van der Waals surface area contributed by atoms with E-state index < -0.39 is 0 Å². The van der Waals surface area contributed by atoms with E-state index in [1.54, 1.807) is 18.3 Å². The molecule has 0 spiro atoms. The van der Waals surface area contributed by atoms with Gasteiger partial charge in [0.1, 0.15) is 17.2 Å². The van der Waals surface area contributed by atoms with Gasteiger partial charge in [-0.1, -0.05) is 18.2 Å². The quantitative estimate of drug-likeness (QED) is 0.467. The van der Waals surface area contributed by atoms with Crippen molar-refractivity contribution in [3.05, 3.63) is 81.2 Å². The Labute approximate surface area is 156 Å². The van der Waals surface area contributed by atoms with Crippen LogP contribution < -0.4 is 4.74 Å². The van der Waals surface area contributed by atoms with Gasteiger partial charge >= 0.3 is 0 Å². The minimum atomic E-state index is 0.176. The summed E-state index contributed by atoms with van der Waals surface area (Å²) < 4.78 is 6.98. The molecule has 0 saturated heterocycles. The lowest BCUT2D eigenvalue weighted by Gasteiger charge is -2.05. The van der Waals surface area contributed by atoms with Crippen LogP contribution in [-0.4, -0.2) is 11.3 Å². The Morgan fingerprint density at radius 3 is 2.04 bits per heavy atom. The number of ether oxygens (including phenoxy) is 1. The van der Waals surface area contributed by atoms with Gasteiger partial charge in [-0.3, -0.25) is 4.99 Å². The van der Waals surface area contributed by atoms with Gasteiger partial charge in [-0.15, -0.1) is 0 Å². The molecule has 5 heteroatoms. The molecule has 3 nitrogen and oxygen atoms in total. The van der Waals surface area contributed by atoms with E-state index in [2.05, 4.69) is 36.9 Å². The molecule has 0 aliphatic rings. The number of para-hydroxylation sites is 1. The summed E-state index contributed by atoms with van der Waals surface area (Å²) in [5.74, 6) is 1.73. The second-order valence-corrected chi connectivity index (χ2v) is 6.71. The smallest absolute Gasteiger partial charge is 0.143 e. The van der Waals surface area contributed by atoms with E-state index in [9.17, 15) is 5.11 Å². The first-order valence-corrected chi connectivity index (χ1v) is 8.75. The van der Waals surface area contributed by atoms with Crippen LogP contribution in [0.1, 0.15) is 5.56 Å². The van der Waals surface area contributed by atoms with Crippen LogP contribution in [-0.2, 0) is 0 Å². The lowest BCUT2D eigenvalue weighted by molar-refractivity contribution is 0.468. The van der Waals surface area contributed by atoms with Gasteiger partial charge < -0.3 is 9.84 Å². The lowest BCUT2D eigenvalue weighted by atomic mass is 10.2. The van der Waals surface area contributed by atoms with E-state index in [1.165, 1.54) is 0 Å². The third-order valence-corrected chi connectivity index (χ3v) is 4.43. The Balaban J connectivity index is 1.72. The summed E-state index contributed by atoms with van der Waals surface area (Å²) in [6.45, 7) is 0. The fraction of sp³-hybridized carbons (Fsp3) is 0. The zero-order valence-corrected chi connectivity index (χ0v) is 15.7. The van der Waals surface area contributed by atoms with Gasteiger partial charge in [0.05, 0.1) is 14.6 Å². The highest BCUT2D eigenvalue weighted by atomic mass is 79.9. The minimum absolute atomic E-state index is 0.176. The van der Waals surface area contributed by atoms with E-state index in [0.29, 0.717) is 8.95 Å². The molecule has 120 valence electrons. The third kappa shape index (κ3) is 4.24. The first-order valence-electron chi connectivity index (χ1n) is 7.17. The van der Waals surface area contributed by atoms with Gasteiger partial charge in [0.25, 0.3) is 0 Å². The largest absolute Gasteiger partial charge is 0.506 e. The number of phenols is 1. The van der Waals surface area contributed by atoms with Gasteiger partial charge in [0.2, 0.25) is 0 Å². The minimum Gasteiger partial charge on any atom is -0.506 e. The van der Waals surface area contributed by atoms with E-state index in [-0.39, 0.29) is 5.75 Å². The molecule has 0 unspecified atom stereocenters. The molecular formula is C19H13Br2NO2. The Morgan fingerprint density at radius 1 is 0.833 bits per heavy atom. The summed E-state index contributed by atoms with van der Waals surface area (Å²) >= 11 is 6.61. The van der Waals surface area contributed by atoms with Crippen molar-refractivity contribution in [2.24, 2.45) is 4.99 Å². The van der Waals surface area contributed by atoms with Crippen LogP contribution in [0.3, 0.4) is 0 Å². The number of hydrogen-bond donors (Lipinski definition) is 1. The first kappa shape index (κ1) is 16.7. The van der Waals surface area contributed by atoms with Crippen molar-refractivity contribution in [2.45, 2.75) is 0 Å². The number of rotatable bonds is 4.